The smallest absolute Gasteiger partial charge is 0.271 e. The summed E-state index contributed by atoms with van der Waals surface area (Å²) in [6, 6.07) is 9.09. The zero-order valence-electron chi connectivity index (χ0n) is 13.8. The summed E-state index contributed by atoms with van der Waals surface area (Å²) >= 11 is 1.34. The third-order valence-corrected chi connectivity index (χ3v) is 5.00. The van der Waals surface area contributed by atoms with Gasteiger partial charge in [0.1, 0.15) is 17.4 Å². The van der Waals surface area contributed by atoms with Gasteiger partial charge in [0.25, 0.3) is 11.5 Å². The number of thiazole rings is 1. The molecule has 1 saturated heterocycles. The summed E-state index contributed by atoms with van der Waals surface area (Å²) in [5.41, 5.74) is -0.379. The van der Waals surface area contributed by atoms with Gasteiger partial charge in [-0.2, -0.15) is 0 Å². The monoisotopic (exact) mass is 371 g/mol. The van der Waals surface area contributed by atoms with Crippen molar-refractivity contribution in [1.29, 1.82) is 0 Å². The van der Waals surface area contributed by atoms with Gasteiger partial charge in [0.05, 0.1) is 19.3 Å². The van der Waals surface area contributed by atoms with Crippen molar-refractivity contribution < 1.29 is 14.3 Å². The Hall–Kier alpha value is -2.71. The topological polar surface area (TPSA) is 81.9 Å². The van der Waals surface area contributed by atoms with Crippen LogP contribution in [0.3, 0.4) is 0 Å². The highest BCUT2D eigenvalue weighted by atomic mass is 32.1. The normalized spacial score (nSPS) is 20.0. The minimum atomic E-state index is -0.472. The molecule has 1 aliphatic heterocycles. The Morgan fingerprint density at radius 1 is 1.35 bits per heavy atom. The summed E-state index contributed by atoms with van der Waals surface area (Å²) < 4.78 is 12.9. The van der Waals surface area contributed by atoms with Gasteiger partial charge in [-0.15, -0.1) is 11.3 Å². The van der Waals surface area contributed by atoms with Crippen molar-refractivity contribution in [2.75, 3.05) is 13.2 Å². The quantitative estimate of drug-likeness (QED) is 0.755. The van der Waals surface area contributed by atoms with Crippen LogP contribution in [0.4, 0.5) is 0 Å². The molecule has 134 valence electrons. The van der Waals surface area contributed by atoms with E-state index in [-0.39, 0.29) is 23.3 Å². The van der Waals surface area contributed by atoms with Gasteiger partial charge in [-0.1, -0.05) is 18.2 Å². The first-order valence-corrected chi connectivity index (χ1v) is 9.15. The second-order valence-corrected chi connectivity index (χ2v) is 6.82. The van der Waals surface area contributed by atoms with Crippen molar-refractivity contribution in [3.05, 3.63) is 64.0 Å². The fourth-order valence-corrected chi connectivity index (χ4v) is 3.57. The zero-order chi connectivity index (χ0) is 17.9. The summed E-state index contributed by atoms with van der Waals surface area (Å²) in [4.78, 5) is 29.8. The Morgan fingerprint density at radius 2 is 2.19 bits per heavy atom. The molecule has 1 N–H and O–H groups in total. The van der Waals surface area contributed by atoms with Crippen LogP contribution < -0.4 is 15.6 Å². The number of hydrogen-bond acceptors (Lipinski definition) is 6. The molecule has 0 radical (unpaired) electrons. The van der Waals surface area contributed by atoms with Crippen molar-refractivity contribution in [1.82, 2.24) is 14.7 Å². The number of carbonyl (C=O) groups is 1. The molecule has 4 rings (SSSR count). The van der Waals surface area contributed by atoms with Gasteiger partial charge in [0.15, 0.2) is 4.96 Å². The molecule has 7 nitrogen and oxygen atoms in total. The average Bonchev–Trinajstić information content (AvgIpc) is 3.14. The standard InChI is InChI=1S/C18H17N3O4S/c22-16(13-10-19-18-21(17(13)23)7-9-26-18)20-14-11-24-8-6-15(14)25-12-4-2-1-3-5-12/h1-5,7,9-10,14-15H,6,8,11H2,(H,20,22)/t14-,15+/m1/s1. The third kappa shape index (κ3) is 3.33. The van der Waals surface area contributed by atoms with Crippen molar-refractivity contribution in [3.8, 4) is 5.75 Å². The maximum Gasteiger partial charge on any atom is 0.271 e. The van der Waals surface area contributed by atoms with E-state index >= 15 is 0 Å². The van der Waals surface area contributed by atoms with Gasteiger partial charge in [-0.3, -0.25) is 14.0 Å². The molecule has 1 amide bonds. The minimum absolute atomic E-state index is 0.00457. The first-order chi connectivity index (χ1) is 12.7. The minimum Gasteiger partial charge on any atom is -0.488 e. The zero-order valence-corrected chi connectivity index (χ0v) is 14.6. The molecule has 2 atom stereocenters. The van der Waals surface area contributed by atoms with E-state index in [1.807, 2.05) is 30.3 Å². The van der Waals surface area contributed by atoms with Crippen LogP contribution in [0.1, 0.15) is 16.8 Å². The molecular weight excluding hydrogens is 354 g/mol. The lowest BCUT2D eigenvalue weighted by molar-refractivity contribution is -0.00291. The lowest BCUT2D eigenvalue weighted by Crippen LogP contribution is -2.52. The highest BCUT2D eigenvalue weighted by molar-refractivity contribution is 7.15. The summed E-state index contributed by atoms with van der Waals surface area (Å²) in [5.74, 6) is 0.264. The molecule has 1 aliphatic rings. The molecule has 8 heteroatoms. The molecule has 1 aromatic carbocycles. The predicted octanol–water partition coefficient (Wildman–Crippen LogP) is 1.72. The Balaban J connectivity index is 1.52. The van der Waals surface area contributed by atoms with E-state index in [1.165, 1.54) is 21.9 Å². The van der Waals surface area contributed by atoms with E-state index in [2.05, 4.69) is 10.3 Å². The summed E-state index contributed by atoms with van der Waals surface area (Å²) in [6.07, 6.45) is 3.36. The van der Waals surface area contributed by atoms with Gasteiger partial charge in [0, 0.05) is 24.2 Å². The summed E-state index contributed by atoms with van der Waals surface area (Å²) in [5, 5.41) is 4.62. The molecule has 0 spiro atoms. The SMILES string of the molecule is O=C(N[C@@H]1COCC[C@@H]1Oc1ccccc1)c1cnc2sccn2c1=O. The molecule has 1 fully saturated rings. The Labute approximate surface area is 153 Å². The number of fused-ring (bicyclic) bond motifs is 1. The number of ether oxygens (including phenoxy) is 2. The maximum atomic E-state index is 12.6. The molecule has 0 unspecified atom stereocenters. The van der Waals surface area contributed by atoms with Crippen LogP contribution in [0.15, 0.2) is 52.9 Å². The van der Waals surface area contributed by atoms with E-state index in [9.17, 15) is 9.59 Å². The molecule has 3 aromatic rings. The second-order valence-electron chi connectivity index (χ2n) is 5.95. The maximum absolute atomic E-state index is 12.6. The van der Waals surface area contributed by atoms with Crippen molar-refractivity contribution in [3.63, 3.8) is 0 Å². The van der Waals surface area contributed by atoms with E-state index in [1.54, 1.807) is 11.6 Å². The van der Waals surface area contributed by atoms with Crippen LogP contribution in [0.25, 0.3) is 4.96 Å². The van der Waals surface area contributed by atoms with Gasteiger partial charge >= 0.3 is 0 Å². The van der Waals surface area contributed by atoms with Crippen molar-refractivity contribution >= 4 is 22.2 Å². The van der Waals surface area contributed by atoms with Crippen LogP contribution in [0.5, 0.6) is 5.75 Å². The molecule has 2 aromatic heterocycles. The fourth-order valence-electron chi connectivity index (χ4n) is 2.89. The highest BCUT2D eigenvalue weighted by Gasteiger charge is 2.30. The molecule has 3 heterocycles. The fraction of sp³-hybridized carbons (Fsp3) is 0.278. The summed E-state index contributed by atoms with van der Waals surface area (Å²) in [7, 11) is 0. The second kappa shape index (κ2) is 7.27. The van der Waals surface area contributed by atoms with Crippen molar-refractivity contribution in [2.24, 2.45) is 0 Å². The van der Waals surface area contributed by atoms with E-state index < -0.39 is 5.91 Å². The Kier molecular flexibility index (Phi) is 4.68. The predicted molar refractivity (Wildman–Crippen MR) is 96.9 cm³/mol. The van der Waals surface area contributed by atoms with Crippen LogP contribution in [-0.2, 0) is 4.74 Å². The number of para-hydroxylation sites is 1. The lowest BCUT2D eigenvalue weighted by Gasteiger charge is -2.32. The van der Waals surface area contributed by atoms with Gasteiger partial charge in [-0.25, -0.2) is 4.98 Å². The van der Waals surface area contributed by atoms with Gasteiger partial charge in [-0.05, 0) is 12.1 Å². The third-order valence-electron chi connectivity index (χ3n) is 4.23. The average molecular weight is 371 g/mol. The van der Waals surface area contributed by atoms with Crippen molar-refractivity contribution in [2.45, 2.75) is 18.6 Å². The molecule has 26 heavy (non-hydrogen) atoms. The number of nitrogens with one attached hydrogen (secondary N) is 1. The van der Waals surface area contributed by atoms with Crippen LogP contribution in [-0.4, -0.2) is 40.7 Å². The number of amides is 1. The number of rotatable bonds is 4. The number of hydrogen-bond donors (Lipinski definition) is 1. The first-order valence-electron chi connectivity index (χ1n) is 8.27. The van der Waals surface area contributed by atoms with E-state index in [0.29, 0.717) is 24.6 Å². The van der Waals surface area contributed by atoms with Crippen LogP contribution >= 0.6 is 11.3 Å². The Morgan fingerprint density at radius 3 is 3.04 bits per heavy atom. The highest BCUT2D eigenvalue weighted by Crippen LogP contribution is 2.18. The van der Waals surface area contributed by atoms with Crippen LogP contribution in [0, 0.1) is 0 Å². The Bertz CT molecular complexity index is 969. The number of aromatic nitrogens is 2. The number of nitrogens with zero attached hydrogens (tertiary/aromatic N) is 2. The molecular formula is C18H17N3O4S. The van der Waals surface area contributed by atoms with E-state index in [0.717, 1.165) is 5.75 Å². The molecule has 0 bridgehead atoms. The van der Waals surface area contributed by atoms with E-state index in [4.69, 9.17) is 9.47 Å². The van der Waals surface area contributed by atoms with Gasteiger partial charge in [0.2, 0.25) is 0 Å². The summed E-state index contributed by atoms with van der Waals surface area (Å²) in [6.45, 7) is 0.896. The first kappa shape index (κ1) is 16.7. The largest absolute Gasteiger partial charge is 0.488 e. The van der Waals surface area contributed by atoms with Crippen LogP contribution in [0.2, 0.25) is 0 Å². The lowest BCUT2D eigenvalue weighted by atomic mass is 10.1. The molecule has 0 saturated carbocycles. The number of carbonyl (C=O) groups excluding carboxylic acids is 1. The number of benzene rings is 1. The molecule has 0 aliphatic carbocycles. The van der Waals surface area contributed by atoms with Gasteiger partial charge < -0.3 is 14.8 Å².